The smallest absolute Gasteiger partial charge is 0.310 e. The van der Waals surface area contributed by atoms with Crippen LogP contribution in [0.4, 0.5) is 0 Å². The highest BCUT2D eigenvalue weighted by molar-refractivity contribution is 5.75. The van der Waals surface area contributed by atoms with E-state index in [1.807, 2.05) is 0 Å². The van der Waals surface area contributed by atoms with Crippen LogP contribution in [0.25, 0.3) is 0 Å². The van der Waals surface area contributed by atoms with E-state index in [4.69, 9.17) is 0 Å². The van der Waals surface area contributed by atoms with E-state index < -0.39 is 11.4 Å². The van der Waals surface area contributed by atoms with E-state index in [1.54, 1.807) is 0 Å². The van der Waals surface area contributed by atoms with Crippen molar-refractivity contribution in [2.75, 3.05) is 13.1 Å². The van der Waals surface area contributed by atoms with Crippen LogP contribution < -0.4 is 0 Å². The summed E-state index contributed by atoms with van der Waals surface area (Å²) in [6.45, 7) is 8.59. The lowest BCUT2D eigenvalue weighted by atomic mass is 9.70. The molecule has 1 aliphatic heterocycles. The molecule has 2 aliphatic rings. The summed E-state index contributed by atoms with van der Waals surface area (Å²) in [5.41, 5.74) is -0.462. The van der Waals surface area contributed by atoms with Gasteiger partial charge in [0.05, 0.1) is 5.41 Å². The molecule has 3 heteroatoms. The Hall–Kier alpha value is -0.570. The molecular formula is C16H29NO2. The van der Waals surface area contributed by atoms with Gasteiger partial charge in [-0.15, -0.1) is 0 Å². The zero-order valence-electron chi connectivity index (χ0n) is 12.7. The molecule has 0 radical (unpaired) electrons. The van der Waals surface area contributed by atoms with Crippen molar-refractivity contribution in [3.05, 3.63) is 0 Å². The van der Waals surface area contributed by atoms with Crippen LogP contribution in [0.2, 0.25) is 0 Å². The minimum atomic E-state index is -0.571. The highest BCUT2D eigenvalue weighted by atomic mass is 16.4. The molecule has 1 aliphatic carbocycles. The lowest BCUT2D eigenvalue weighted by Gasteiger charge is -2.50. The summed E-state index contributed by atoms with van der Waals surface area (Å²) in [5, 5.41) is 9.62. The molecule has 1 unspecified atom stereocenters. The van der Waals surface area contributed by atoms with E-state index in [2.05, 4.69) is 25.7 Å². The Morgan fingerprint density at radius 3 is 2.63 bits per heavy atom. The summed E-state index contributed by atoms with van der Waals surface area (Å²) in [5.74, 6) is 1.07. The first kappa shape index (κ1) is 14.8. The van der Waals surface area contributed by atoms with Crippen molar-refractivity contribution in [1.82, 2.24) is 4.90 Å². The summed E-state index contributed by atoms with van der Waals surface area (Å²) in [6.07, 6.45) is 6.28. The molecular weight excluding hydrogens is 238 g/mol. The molecule has 0 aromatic heterocycles. The first-order valence-electron chi connectivity index (χ1n) is 7.96. The number of carboxylic acid groups (broad SMARTS) is 1. The van der Waals surface area contributed by atoms with Crippen molar-refractivity contribution >= 4 is 5.97 Å². The number of hydrogen-bond donors (Lipinski definition) is 1. The number of piperidine rings is 1. The topological polar surface area (TPSA) is 40.5 Å². The van der Waals surface area contributed by atoms with E-state index >= 15 is 0 Å². The van der Waals surface area contributed by atoms with Gasteiger partial charge in [0, 0.05) is 12.6 Å². The van der Waals surface area contributed by atoms with Crippen LogP contribution in [0.3, 0.4) is 0 Å². The molecule has 1 N–H and O–H groups in total. The molecule has 0 aromatic rings. The van der Waals surface area contributed by atoms with Crippen LogP contribution in [0, 0.1) is 17.3 Å². The molecule has 0 aromatic carbocycles. The maximum atomic E-state index is 11.7. The fourth-order valence-corrected chi connectivity index (χ4v) is 3.92. The summed E-state index contributed by atoms with van der Waals surface area (Å²) in [6, 6.07) is 0.656. The standard InChI is InChI=1S/C16H29NO2/c1-4-6-16(15(18)19)7-5-8-17(11-16)14-9-13(10-14)12(2)3/h12-14H,4-11H2,1-3H3,(H,18,19). The van der Waals surface area contributed by atoms with Crippen molar-refractivity contribution in [2.24, 2.45) is 17.3 Å². The second kappa shape index (κ2) is 5.82. The van der Waals surface area contributed by atoms with E-state index in [9.17, 15) is 9.90 Å². The van der Waals surface area contributed by atoms with E-state index in [0.29, 0.717) is 6.04 Å². The van der Waals surface area contributed by atoms with Gasteiger partial charge in [0.25, 0.3) is 0 Å². The molecule has 2 fully saturated rings. The van der Waals surface area contributed by atoms with E-state index in [0.717, 1.165) is 50.6 Å². The maximum absolute atomic E-state index is 11.7. The average molecular weight is 267 g/mol. The zero-order chi connectivity index (χ0) is 14.0. The Morgan fingerprint density at radius 1 is 1.42 bits per heavy atom. The maximum Gasteiger partial charge on any atom is 0.310 e. The van der Waals surface area contributed by atoms with Crippen LogP contribution in [0.1, 0.15) is 59.3 Å². The van der Waals surface area contributed by atoms with Crippen molar-refractivity contribution < 1.29 is 9.90 Å². The minimum Gasteiger partial charge on any atom is -0.481 e. The van der Waals surface area contributed by atoms with Gasteiger partial charge in [-0.25, -0.2) is 0 Å². The largest absolute Gasteiger partial charge is 0.481 e. The number of aliphatic carboxylic acids is 1. The normalized spacial score (nSPS) is 36.2. The monoisotopic (exact) mass is 267 g/mol. The van der Waals surface area contributed by atoms with Crippen molar-refractivity contribution in [3.63, 3.8) is 0 Å². The van der Waals surface area contributed by atoms with Gasteiger partial charge in [-0.2, -0.15) is 0 Å². The van der Waals surface area contributed by atoms with Gasteiger partial charge in [0.15, 0.2) is 0 Å². The van der Waals surface area contributed by atoms with Crippen LogP contribution >= 0.6 is 0 Å². The number of hydrogen-bond acceptors (Lipinski definition) is 2. The Balaban J connectivity index is 1.95. The van der Waals surface area contributed by atoms with Gasteiger partial charge >= 0.3 is 5.97 Å². The predicted molar refractivity (Wildman–Crippen MR) is 77.1 cm³/mol. The lowest BCUT2D eigenvalue weighted by Crippen LogP contribution is -2.55. The Labute approximate surface area is 117 Å². The molecule has 0 spiro atoms. The molecule has 19 heavy (non-hydrogen) atoms. The molecule has 0 bridgehead atoms. The third-order valence-electron chi connectivity index (χ3n) is 5.40. The highest BCUT2D eigenvalue weighted by Gasteiger charge is 2.45. The quantitative estimate of drug-likeness (QED) is 0.830. The number of nitrogens with zero attached hydrogens (tertiary/aromatic N) is 1. The molecule has 2 rings (SSSR count). The fraction of sp³-hybridized carbons (Fsp3) is 0.938. The van der Waals surface area contributed by atoms with Crippen LogP contribution in [0.15, 0.2) is 0 Å². The number of rotatable bonds is 5. The number of carbonyl (C=O) groups is 1. The van der Waals surface area contributed by atoms with Gasteiger partial charge in [0.1, 0.15) is 0 Å². The molecule has 0 amide bonds. The summed E-state index contributed by atoms with van der Waals surface area (Å²) in [7, 11) is 0. The summed E-state index contributed by atoms with van der Waals surface area (Å²) in [4.78, 5) is 14.2. The summed E-state index contributed by atoms with van der Waals surface area (Å²) < 4.78 is 0. The van der Waals surface area contributed by atoms with Gasteiger partial charge in [-0.3, -0.25) is 9.69 Å². The van der Waals surface area contributed by atoms with Gasteiger partial charge in [-0.05, 0) is 50.5 Å². The van der Waals surface area contributed by atoms with Crippen LogP contribution in [-0.2, 0) is 4.79 Å². The van der Waals surface area contributed by atoms with Gasteiger partial charge < -0.3 is 5.11 Å². The first-order chi connectivity index (χ1) is 8.98. The Morgan fingerprint density at radius 2 is 2.11 bits per heavy atom. The van der Waals surface area contributed by atoms with Crippen molar-refractivity contribution in [3.8, 4) is 0 Å². The number of carboxylic acids is 1. The molecule has 1 heterocycles. The Bertz CT molecular complexity index is 319. The van der Waals surface area contributed by atoms with E-state index in [1.165, 1.54) is 12.8 Å². The second-order valence-corrected chi connectivity index (χ2v) is 7.04. The molecule has 110 valence electrons. The van der Waals surface area contributed by atoms with Crippen LogP contribution in [-0.4, -0.2) is 35.1 Å². The highest BCUT2D eigenvalue weighted by Crippen LogP contribution is 2.42. The zero-order valence-corrected chi connectivity index (χ0v) is 12.7. The minimum absolute atomic E-state index is 0.462. The molecule has 1 saturated carbocycles. The van der Waals surface area contributed by atoms with Crippen molar-refractivity contribution in [1.29, 1.82) is 0 Å². The number of likely N-dealkylation sites (tertiary alicyclic amines) is 1. The molecule has 1 saturated heterocycles. The Kier molecular flexibility index (Phi) is 4.54. The van der Waals surface area contributed by atoms with Gasteiger partial charge in [-0.1, -0.05) is 27.2 Å². The van der Waals surface area contributed by atoms with Crippen molar-refractivity contribution in [2.45, 2.75) is 65.3 Å². The first-order valence-corrected chi connectivity index (χ1v) is 7.96. The van der Waals surface area contributed by atoms with E-state index in [-0.39, 0.29) is 0 Å². The predicted octanol–water partition coefficient (Wildman–Crippen LogP) is 3.39. The second-order valence-electron chi connectivity index (χ2n) is 7.04. The van der Waals surface area contributed by atoms with Crippen LogP contribution in [0.5, 0.6) is 0 Å². The third-order valence-corrected chi connectivity index (χ3v) is 5.40. The fourth-order valence-electron chi connectivity index (χ4n) is 3.92. The SMILES string of the molecule is CCCC1(C(=O)O)CCCN(C2CC(C(C)C)C2)C1. The average Bonchev–Trinajstić information content (AvgIpc) is 2.27. The lowest BCUT2D eigenvalue weighted by molar-refractivity contribution is -0.155. The third kappa shape index (κ3) is 2.96. The van der Waals surface area contributed by atoms with Gasteiger partial charge in [0.2, 0.25) is 0 Å². The summed E-state index contributed by atoms with van der Waals surface area (Å²) >= 11 is 0. The molecule has 3 nitrogen and oxygen atoms in total. The molecule has 1 atom stereocenters.